The Morgan fingerprint density at radius 1 is 1.15 bits per heavy atom. The minimum Gasteiger partial charge on any atom is -0.326 e. The van der Waals surface area contributed by atoms with Crippen LogP contribution in [0.2, 0.25) is 0 Å². The molecule has 0 radical (unpaired) electrons. The number of pyridine rings is 1. The molecular weight excluding hydrogens is 248 g/mol. The first-order chi connectivity index (χ1) is 9.83. The lowest BCUT2D eigenvalue weighted by Crippen LogP contribution is -2.48. The predicted molar refractivity (Wildman–Crippen MR) is 79.9 cm³/mol. The van der Waals surface area contributed by atoms with Crippen molar-refractivity contribution < 1.29 is 0 Å². The highest BCUT2D eigenvalue weighted by molar-refractivity contribution is 5.79. The van der Waals surface area contributed by atoms with Crippen molar-refractivity contribution in [2.75, 3.05) is 0 Å². The lowest BCUT2D eigenvalue weighted by molar-refractivity contribution is 0.273. The molecule has 0 bridgehead atoms. The van der Waals surface area contributed by atoms with Gasteiger partial charge >= 0.3 is 0 Å². The zero-order valence-corrected chi connectivity index (χ0v) is 11.4. The number of hydrogen-bond donors (Lipinski definition) is 3. The summed E-state index contributed by atoms with van der Waals surface area (Å²) in [5.41, 5.74) is 15.5. The second-order valence-corrected chi connectivity index (χ2v) is 6.01. The fraction of sp³-hybridized carbons (Fsp3) is 0.438. The predicted octanol–water partition coefficient (Wildman–Crippen LogP) is 1.88. The van der Waals surface area contributed by atoms with Crippen molar-refractivity contribution in [1.82, 2.24) is 15.8 Å². The molecule has 4 rings (SSSR count). The normalized spacial score (nSPS) is 33.2. The van der Waals surface area contributed by atoms with Gasteiger partial charge in [0.25, 0.3) is 0 Å². The second kappa shape index (κ2) is 4.81. The standard InChI is InChI=1S/C16H20N4/c17-13-5-1-4-12-15(19-20-16(12)13)11-6-7-14-10(9-11)3-2-8-18-14/h2-3,6-9,12-13,15-16,19-20H,1,4-5,17H2. The lowest BCUT2D eigenvalue weighted by Gasteiger charge is -2.32. The van der Waals surface area contributed by atoms with Gasteiger partial charge in [0.1, 0.15) is 0 Å². The van der Waals surface area contributed by atoms with Crippen molar-refractivity contribution in [1.29, 1.82) is 0 Å². The minimum absolute atomic E-state index is 0.272. The van der Waals surface area contributed by atoms with E-state index in [1.165, 1.54) is 23.8 Å². The Balaban J connectivity index is 1.69. The fourth-order valence-corrected chi connectivity index (χ4v) is 3.77. The number of fused-ring (bicyclic) bond motifs is 2. The molecule has 4 N–H and O–H groups in total. The zero-order chi connectivity index (χ0) is 13.5. The van der Waals surface area contributed by atoms with E-state index in [0.717, 1.165) is 11.9 Å². The van der Waals surface area contributed by atoms with Gasteiger partial charge in [-0.3, -0.25) is 10.4 Å². The molecule has 4 heteroatoms. The average molecular weight is 268 g/mol. The molecule has 1 aliphatic heterocycles. The summed E-state index contributed by atoms with van der Waals surface area (Å²) in [6.07, 6.45) is 5.45. The average Bonchev–Trinajstić information content (AvgIpc) is 2.92. The van der Waals surface area contributed by atoms with E-state index in [4.69, 9.17) is 5.73 Å². The Morgan fingerprint density at radius 2 is 2.10 bits per heavy atom. The molecule has 1 saturated heterocycles. The molecule has 4 atom stereocenters. The van der Waals surface area contributed by atoms with Gasteiger partial charge in [0.15, 0.2) is 0 Å². The molecule has 1 aromatic carbocycles. The van der Waals surface area contributed by atoms with Gasteiger partial charge in [-0.25, -0.2) is 5.43 Å². The number of hydrogen-bond acceptors (Lipinski definition) is 4. The summed E-state index contributed by atoms with van der Waals surface area (Å²) >= 11 is 0. The van der Waals surface area contributed by atoms with Crippen LogP contribution in [-0.4, -0.2) is 17.1 Å². The molecule has 1 aromatic heterocycles. The summed E-state index contributed by atoms with van der Waals surface area (Å²) in [4.78, 5) is 4.39. The maximum absolute atomic E-state index is 6.24. The molecule has 104 valence electrons. The smallest absolute Gasteiger partial charge is 0.0702 e. The number of nitrogens with two attached hydrogens (primary N) is 1. The van der Waals surface area contributed by atoms with Crippen LogP contribution in [0.4, 0.5) is 0 Å². The van der Waals surface area contributed by atoms with Gasteiger partial charge in [-0.2, -0.15) is 0 Å². The fourth-order valence-electron chi connectivity index (χ4n) is 3.77. The van der Waals surface area contributed by atoms with Crippen LogP contribution in [0.15, 0.2) is 36.5 Å². The van der Waals surface area contributed by atoms with E-state index >= 15 is 0 Å². The van der Waals surface area contributed by atoms with E-state index in [0.29, 0.717) is 18.0 Å². The van der Waals surface area contributed by atoms with Crippen LogP contribution in [0, 0.1) is 5.92 Å². The Morgan fingerprint density at radius 3 is 3.05 bits per heavy atom. The summed E-state index contributed by atoms with van der Waals surface area (Å²) in [5, 5.41) is 1.20. The van der Waals surface area contributed by atoms with E-state index in [9.17, 15) is 0 Å². The van der Waals surface area contributed by atoms with Crippen LogP contribution in [0.25, 0.3) is 10.9 Å². The number of nitrogens with zero attached hydrogens (tertiary/aromatic N) is 1. The number of aromatic nitrogens is 1. The Hall–Kier alpha value is -1.49. The van der Waals surface area contributed by atoms with Gasteiger partial charge in [0, 0.05) is 23.7 Å². The third-order valence-corrected chi connectivity index (χ3v) is 4.82. The van der Waals surface area contributed by atoms with Gasteiger partial charge in [-0.05, 0) is 42.5 Å². The van der Waals surface area contributed by atoms with E-state index in [-0.39, 0.29) is 6.04 Å². The lowest BCUT2D eigenvalue weighted by atomic mass is 9.77. The van der Waals surface area contributed by atoms with Crippen molar-refractivity contribution in [3.05, 3.63) is 42.1 Å². The molecular formula is C16H20N4. The molecule has 2 fully saturated rings. The van der Waals surface area contributed by atoms with Crippen molar-refractivity contribution in [2.45, 2.75) is 37.4 Å². The third kappa shape index (κ3) is 1.92. The van der Waals surface area contributed by atoms with Crippen LogP contribution >= 0.6 is 0 Å². The Kier molecular flexibility index (Phi) is 2.95. The summed E-state index contributed by atoms with van der Waals surface area (Å²) < 4.78 is 0. The monoisotopic (exact) mass is 268 g/mol. The van der Waals surface area contributed by atoms with Crippen LogP contribution in [0.5, 0.6) is 0 Å². The Labute approximate surface area is 118 Å². The van der Waals surface area contributed by atoms with Crippen LogP contribution in [0.3, 0.4) is 0 Å². The Bertz CT molecular complexity index is 627. The van der Waals surface area contributed by atoms with Crippen LogP contribution in [-0.2, 0) is 0 Å². The first kappa shape index (κ1) is 12.3. The highest BCUT2D eigenvalue weighted by atomic mass is 15.4. The largest absolute Gasteiger partial charge is 0.326 e. The minimum atomic E-state index is 0.272. The molecule has 20 heavy (non-hydrogen) atoms. The summed E-state index contributed by atoms with van der Waals surface area (Å²) in [7, 11) is 0. The van der Waals surface area contributed by atoms with E-state index in [2.05, 4.69) is 40.1 Å². The maximum Gasteiger partial charge on any atom is 0.0702 e. The molecule has 4 unspecified atom stereocenters. The molecule has 1 saturated carbocycles. The molecule has 2 heterocycles. The quantitative estimate of drug-likeness (QED) is 0.739. The number of rotatable bonds is 1. The van der Waals surface area contributed by atoms with Gasteiger partial charge in [-0.15, -0.1) is 0 Å². The second-order valence-electron chi connectivity index (χ2n) is 6.01. The van der Waals surface area contributed by atoms with Gasteiger partial charge < -0.3 is 5.73 Å². The van der Waals surface area contributed by atoms with Crippen molar-refractivity contribution in [2.24, 2.45) is 11.7 Å². The first-order valence-corrected chi connectivity index (χ1v) is 7.44. The summed E-state index contributed by atoms with van der Waals surface area (Å²) in [6, 6.07) is 11.7. The van der Waals surface area contributed by atoms with Crippen LogP contribution in [0.1, 0.15) is 30.9 Å². The molecule has 4 nitrogen and oxygen atoms in total. The third-order valence-electron chi connectivity index (χ3n) is 4.82. The molecule has 2 aromatic rings. The summed E-state index contributed by atoms with van der Waals surface area (Å²) in [6.45, 7) is 0. The maximum atomic E-state index is 6.24. The summed E-state index contributed by atoms with van der Waals surface area (Å²) in [5.74, 6) is 0.591. The zero-order valence-electron chi connectivity index (χ0n) is 11.4. The van der Waals surface area contributed by atoms with E-state index in [1.807, 2.05) is 12.3 Å². The first-order valence-electron chi connectivity index (χ1n) is 7.44. The highest BCUT2D eigenvalue weighted by Gasteiger charge is 2.41. The van der Waals surface area contributed by atoms with Crippen molar-refractivity contribution >= 4 is 10.9 Å². The van der Waals surface area contributed by atoms with E-state index < -0.39 is 0 Å². The molecule has 0 amide bonds. The van der Waals surface area contributed by atoms with Crippen molar-refractivity contribution in [3.63, 3.8) is 0 Å². The molecule has 1 aliphatic carbocycles. The highest BCUT2D eigenvalue weighted by Crippen LogP contribution is 2.37. The number of hydrazine groups is 1. The molecule has 2 aliphatic rings. The molecule has 0 spiro atoms. The van der Waals surface area contributed by atoms with Crippen molar-refractivity contribution in [3.8, 4) is 0 Å². The van der Waals surface area contributed by atoms with Gasteiger partial charge in [0.2, 0.25) is 0 Å². The van der Waals surface area contributed by atoms with E-state index in [1.54, 1.807) is 0 Å². The van der Waals surface area contributed by atoms with Gasteiger partial charge in [-0.1, -0.05) is 18.6 Å². The SMILES string of the molecule is NC1CCCC2C(c3ccc4ncccc4c3)NNC12. The topological polar surface area (TPSA) is 63.0 Å². The number of benzene rings is 1. The van der Waals surface area contributed by atoms with Crippen LogP contribution < -0.4 is 16.6 Å². The van der Waals surface area contributed by atoms with Gasteiger partial charge in [0.05, 0.1) is 11.6 Å². The number of nitrogens with one attached hydrogen (secondary N) is 2.